The molecule has 28 heavy (non-hydrogen) atoms. The van der Waals surface area contributed by atoms with Crippen LogP contribution in [0.1, 0.15) is 49.2 Å². The number of nitrogens with one attached hydrogen (secondary N) is 1. The number of ether oxygens (including phenoxy) is 2. The minimum atomic E-state index is -3.81. The van der Waals surface area contributed by atoms with Crippen molar-refractivity contribution in [3.8, 4) is 11.5 Å². The molecule has 152 valence electrons. The van der Waals surface area contributed by atoms with Gasteiger partial charge in [0.25, 0.3) is 5.91 Å². The highest BCUT2D eigenvalue weighted by Crippen LogP contribution is 2.29. The van der Waals surface area contributed by atoms with Crippen molar-refractivity contribution in [2.24, 2.45) is 5.14 Å². The number of primary sulfonamides is 1. The van der Waals surface area contributed by atoms with Crippen LogP contribution in [-0.2, 0) is 10.0 Å². The third-order valence-corrected chi connectivity index (χ3v) is 4.91. The van der Waals surface area contributed by atoms with Crippen molar-refractivity contribution < 1.29 is 22.7 Å². The lowest BCUT2D eigenvalue weighted by atomic mass is 10.1. The number of benzene rings is 2. The minimum absolute atomic E-state index is 0.00200. The second-order valence-electron chi connectivity index (χ2n) is 6.26. The highest BCUT2D eigenvalue weighted by molar-refractivity contribution is 7.89. The zero-order valence-electron chi connectivity index (χ0n) is 16.3. The second kappa shape index (κ2) is 9.57. The van der Waals surface area contributed by atoms with Gasteiger partial charge in [0.05, 0.1) is 24.2 Å². The molecule has 2 rings (SSSR count). The maximum atomic E-state index is 12.6. The molecule has 0 spiro atoms. The molecule has 1 amide bonds. The van der Waals surface area contributed by atoms with E-state index in [1.807, 2.05) is 13.8 Å². The van der Waals surface area contributed by atoms with E-state index in [2.05, 4.69) is 5.32 Å². The molecular weight excluding hydrogens is 380 g/mol. The summed E-state index contributed by atoms with van der Waals surface area (Å²) >= 11 is 0. The molecule has 3 N–H and O–H groups in total. The summed E-state index contributed by atoms with van der Waals surface area (Å²) in [5, 5.41) is 8.02. The van der Waals surface area contributed by atoms with Crippen molar-refractivity contribution in [2.75, 3.05) is 13.2 Å². The van der Waals surface area contributed by atoms with Crippen molar-refractivity contribution in [3.05, 3.63) is 53.6 Å². The van der Waals surface area contributed by atoms with Gasteiger partial charge < -0.3 is 14.8 Å². The summed E-state index contributed by atoms with van der Waals surface area (Å²) in [5.74, 6) is 0.790. The fourth-order valence-electron chi connectivity index (χ4n) is 2.57. The summed E-state index contributed by atoms with van der Waals surface area (Å²) in [6, 6.07) is 10.8. The van der Waals surface area contributed by atoms with Gasteiger partial charge in [-0.15, -0.1) is 0 Å². The molecule has 0 saturated heterocycles. The number of sulfonamides is 1. The number of rotatable bonds is 9. The summed E-state index contributed by atoms with van der Waals surface area (Å²) in [5.41, 5.74) is 1.05. The molecule has 7 nitrogen and oxygen atoms in total. The molecule has 2 aromatic carbocycles. The van der Waals surface area contributed by atoms with Crippen LogP contribution < -0.4 is 19.9 Å². The average molecular weight is 407 g/mol. The number of hydrogen-bond donors (Lipinski definition) is 2. The van der Waals surface area contributed by atoms with Crippen LogP contribution in [-0.4, -0.2) is 27.5 Å². The van der Waals surface area contributed by atoms with Crippen LogP contribution in [0.15, 0.2) is 47.4 Å². The fourth-order valence-corrected chi connectivity index (χ4v) is 3.14. The number of hydrogen-bond acceptors (Lipinski definition) is 5. The second-order valence-corrected chi connectivity index (χ2v) is 7.82. The molecule has 0 aliphatic heterocycles. The van der Waals surface area contributed by atoms with Crippen molar-refractivity contribution in [1.29, 1.82) is 0 Å². The summed E-state index contributed by atoms with van der Waals surface area (Å²) in [7, 11) is -3.81. The van der Waals surface area contributed by atoms with Crippen LogP contribution in [0, 0.1) is 0 Å². The first-order chi connectivity index (χ1) is 13.3. The smallest absolute Gasteiger partial charge is 0.251 e. The van der Waals surface area contributed by atoms with E-state index in [-0.39, 0.29) is 10.8 Å². The molecule has 0 aliphatic carbocycles. The molecule has 0 unspecified atom stereocenters. The summed E-state index contributed by atoms with van der Waals surface area (Å²) in [6.07, 6.45) is 0.864. The molecule has 0 fully saturated rings. The molecule has 1 atom stereocenters. The van der Waals surface area contributed by atoms with E-state index in [1.165, 1.54) is 12.1 Å². The van der Waals surface area contributed by atoms with Gasteiger partial charge in [-0.3, -0.25) is 4.79 Å². The average Bonchev–Trinajstić information content (AvgIpc) is 2.66. The Morgan fingerprint density at radius 3 is 2.50 bits per heavy atom. The van der Waals surface area contributed by atoms with Crippen molar-refractivity contribution >= 4 is 15.9 Å². The van der Waals surface area contributed by atoms with Crippen LogP contribution in [0.4, 0.5) is 0 Å². The van der Waals surface area contributed by atoms with Gasteiger partial charge in [0.15, 0.2) is 11.5 Å². The molecule has 2 aromatic rings. The Bertz CT molecular complexity index is 928. The highest BCUT2D eigenvalue weighted by Gasteiger charge is 2.16. The lowest BCUT2D eigenvalue weighted by Crippen LogP contribution is -2.27. The molecule has 0 bridgehead atoms. The lowest BCUT2D eigenvalue weighted by molar-refractivity contribution is 0.0939. The normalized spacial score (nSPS) is 12.3. The van der Waals surface area contributed by atoms with Crippen LogP contribution in [0.5, 0.6) is 11.5 Å². The van der Waals surface area contributed by atoms with Gasteiger partial charge in [0.2, 0.25) is 10.0 Å². The van der Waals surface area contributed by atoms with Crippen LogP contribution in [0.25, 0.3) is 0 Å². The van der Waals surface area contributed by atoms with E-state index in [4.69, 9.17) is 14.6 Å². The molecular formula is C20H26N2O5S. The number of amides is 1. The van der Waals surface area contributed by atoms with E-state index in [0.29, 0.717) is 35.8 Å². The predicted molar refractivity (Wildman–Crippen MR) is 107 cm³/mol. The van der Waals surface area contributed by atoms with E-state index in [9.17, 15) is 13.2 Å². The highest BCUT2D eigenvalue weighted by atomic mass is 32.2. The Morgan fingerprint density at radius 2 is 1.86 bits per heavy atom. The molecule has 0 radical (unpaired) electrons. The van der Waals surface area contributed by atoms with Crippen molar-refractivity contribution in [3.63, 3.8) is 0 Å². The van der Waals surface area contributed by atoms with Crippen LogP contribution in [0.3, 0.4) is 0 Å². The maximum absolute atomic E-state index is 12.6. The zero-order chi connectivity index (χ0) is 20.7. The van der Waals surface area contributed by atoms with Crippen molar-refractivity contribution in [2.45, 2.75) is 38.1 Å². The third-order valence-electron chi connectivity index (χ3n) is 4.00. The van der Waals surface area contributed by atoms with E-state index >= 15 is 0 Å². The van der Waals surface area contributed by atoms with E-state index < -0.39 is 16.1 Å². The first kappa shape index (κ1) is 21.7. The van der Waals surface area contributed by atoms with Gasteiger partial charge in [0, 0.05) is 5.56 Å². The first-order valence-electron chi connectivity index (χ1n) is 9.09. The SMILES string of the molecule is CCCOc1ccc(C(=O)N[C@H](C)c2cccc(S(N)(=O)=O)c2)cc1OCC. The molecule has 0 aromatic heterocycles. The quantitative estimate of drug-likeness (QED) is 0.665. The summed E-state index contributed by atoms with van der Waals surface area (Å²) < 4.78 is 34.3. The predicted octanol–water partition coefficient (Wildman–Crippen LogP) is 3.01. The Labute approximate surface area is 165 Å². The maximum Gasteiger partial charge on any atom is 0.251 e. The Kier molecular flexibility index (Phi) is 7.42. The van der Waals surface area contributed by atoms with Gasteiger partial charge in [0.1, 0.15) is 0 Å². The van der Waals surface area contributed by atoms with Gasteiger partial charge in [-0.05, 0) is 56.2 Å². The largest absolute Gasteiger partial charge is 0.490 e. The standard InChI is InChI=1S/C20H26N2O5S/c1-4-11-27-18-10-9-16(13-19(18)26-5-2)20(23)22-14(3)15-7-6-8-17(12-15)28(21,24)25/h6-10,12-14H,4-5,11H2,1-3H3,(H,22,23)(H2,21,24,25)/t14-/m1/s1. The first-order valence-corrected chi connectivity index (χ1v) is 10.6. The number of nitrogens with two attached hydrogens (primary N) is 1. The molecule has 0 aliphatic rings. The van der Waals surface area contributed by atoms with Gasteiger partial charge in [-0.2, -0.15) is 0 Å². The Morgan fingerprint density at radius 1 is 1.11 bits per heavy atom. The molecule has 8 heteroatoms. The summed E-state index contributed by atoms with van der Waals surface area (Å²) in [4.78, 5) is 12.6. The van der Waals surface area contributed by atoms with Crippen LogP contribution in [0.2, 0.25) is 0 Å². The van der Waals surface area contributed by atoms with Crippen molar-refractivity contribution in [1.82, 2.24) is 5.32 Å². The van der Waals surface area contributed by atoms with Crippen LogP contribution >= 0.6 is 0 Å². The Balaban J connectivity index is 2.19. The van der Waals surface area contributed by atoms with Gasteiger partial charge in [-0.1, -0.05) is 19.1 Å². The fraction of sp³-hybridized carbons (Fsp3) is 0.350. The molecule has 0 saturated carbocycles. The zero-order valence-corrected chi connectivity index (χ0v) is 17.1. The topological polar surface area (TPSA) is 108 Å². The third kappa shape index (κ3) is 5.71. The number of carbonyl (C=O) groups is 1. The number of carbonyl (C=O) groups excluding carboxylic acids is 1. The Hall–Kier alpha value is -2.58. The van der Waals surface area contributed by atoms with Gasteiger partial charge in [-0.25, -0.2) is 13.6 Å². The van der Waals surface area contributed by atoms with E-state index in [0.717, 1.165) is 6.42 Å². The molecule has 0 heterocycles. The van der Waals surface area contributed by atoms with Gasteiger partial charge >= 0.3 is 0 Å². The monoisotopic (exact) mass is 406 g/mol. The minimum Gasteiger partial charge on any atom is -0.490 e. The lowest BCUT2D eigenvalue weighted by Gasteiger charge is -2.17. The van der Waals surface area contributed by atoms with E-state index in [1.54, 1.807) is 37.3 Å². The summed E-state index contributed by atoms with van der Waals surface area (Å²) in [6.45, 7) is 6.64.